The van der Waals surface area contributed by atoms with E-state index in [0.29, 0.717) is 19.3 Å². The molecule has 1 fully saturated rings. The number of nitrogens with one attached hydrogen (secondary N) is 2. The molecule has 0 aliphatic carbocycles. The Morgan fingerprint density at radius 3 is 1.77 bits per heavy atom. The third-order valence-electron chi connectivity index (χ3n) is 3.62. The fourth-order valence-corrected chi connectivity index (χ4v) is 3.50. The van der Waals surface area contributed by atoms with Crippen LogP contribution in [0.1, 0.15) is 19.3 Å². The van der Waals surface area contributed by atoms with Gasteiger partial charge in [-0.05, 0) is 55.3 Å². The van der Waals surface area contributed by atoms with E-state index in [9.17, 15) is 14.4 Å². The molecule has 152 valence electrons. The van der Waals surface area contributed by atoms with Crippen LogP contribution in [0, 0.1) is 0 Å². The van der Waals surface area contributed by atoms with Crippen LogP contribution in [0.5, 0.6) is 0 Å². The van der Waals surface area contributed by atoms with Crippen LogP contribution < -0.4 is 16.4 Å². The quantitative estimate of drug-likeness (QED) is 0.439. The van der Waals surface area contributed by atoms with E-state index in [4.69, 9.17) is 5.73 Å². The van der Waals surface area contributed by atoms with Gasteiger partial charge in [0.25, 0.3) is 0 Å². The molecule has 3 unspecified atom stereocenters. The Labute approximate surface area is 169 Å². The second-order valence-electron chi connectivity index (χ2n) is 5.60. The highest BCUT2D eigenvalue weighted by Crippen LogP contribution is 2.09. The lowest BCUT2D eigenvalue weighted by Crippen LogP contribution is -2.61. The standard InChI is InChI=1S/C10H18N2O2S2.C6H13NO2S/c1-15-5-3-7-9(13)12-8(4-6-16-2)10(14)11-7;1-9-6(8)5(7)3-4-10-2/h7-8H,3-6H2,1-2H3,(H,11,14)(H,12,13);5H,3-4,7H2,1-2H3. The minimum atomic E-state index is -0.447. The van der Waals surface area contributed by atoms with Gasteiger partial charge in [-0.15, -0.1) is 0 Å². The zero-order valence-corrected chi connectivity index (χ0v) is 18.4. The second-order valence-corrected chi connectivity index (χ2v) is 8.55. The van der Waals surface area contributed by atoms with Crippen LogP contribution in [-0.2, 0) is 19.1 Å². The predicted octanol–water partition coefficient (Wildman–Crippen LogP) is 0.716. The van der Waals surface area contributed by atoms with Gasteiger partial charge in [0.05, 0.1) is 7.11 Å². The maximum Gasteiger partial charge on any atom is 0.322 e. The molecule has 7 nitrogen and oxygen atoms in total. The van der Waals surface area contributed by atoms with Crippen molar-refractivity contribution in [2.75, 3.05) is 43.1 Å². The number of hydrogen-bond donors (Lipinski definition) is 3. The Bertz CT molecular complexity index is 415. The number of methoxy groups -OCH3 is 1. The number of rotatable bonds is 10. The van der Waals surface area contributed by atoms with Crippen LogP contribution in [0.4, 0.5) is 0 Å². The molecule has 0 radical (unpaired) electrons. The number of thioether (sulfide) groups is 3. The molecule has 1 saturated heterocycles. The van der Waals surface area contributed by atoms with E-state index in [1.54, 1.807) is 35.3 Å². The molecule has 4 N–H and O–H groups in total. The van der Waals surface area contributed by atoms with Gasteiger partial charge < -0.3 is 21.1 Å². The van der Waals surface area contributed by atoms with Crippen molar-refractivity contribution in [1.29, 1.82) is 0 Å². The van der Waals surface area contributed by atoms with Crippen LogP contribution in [-0.4, -0.2) is 79.0 Å². The van der Waals surface area contributed by atoms with Crippen LogP contribution in [0.15, 0.2) is 0 Å². The Morgan fingerprint density at radius 2 is 1.42 bits per heavy atom. The molecular formula is C16H31N3O4S3. The number of ether oxygens (including phenoxy) is 1. The molecule has 0 aromatic rings. The van der Waals surface area contributed by atoms with Gasteiger partial charge in [0.2, 0.25) is 11.8 Å². The Hall–Kier alpha value is -0.580. The minimum absolute atomic E-state index is 0.0419. The van der Waals surface area contributed by atoms with Crippen LogP contribution >= 0.6 is 35.3 Å². The first-order chi connectivity index (χ1) is 12.4. The highest BCUT2D eigenvalue weighted by atomic mass is 32.2. The summed E-state index contributed by atoms with van der Waals surface area (Å²) in [5.74, 6) is 2.26. The van der Waals surface area contributed by atoms with Crippen molar-refractivity contribution in [3.05, 3.63) is 0 Å². The van der Waals surface area contributed by atoms with E-state index in [1.165, 1.54) is 7.11 Å². The number of esters is 1. The predicted molar refractivity (Wildman–Crippen MR) is 113 cm³/mol. The third-order valence-corrected chi connectivity index (χ3v) is 5.56. The molecule has 10 heteroatoms. The number of carbonyl (C=O) groups is 3. The largest absolute Gasteiger partial charge is 0.468 e. The van der Waals surface area contributed by atoms with Crippen molar-refractivity contribution >= 4 is 53.1 Å². The molecule has 1 aliphatic heterocycles. The van der Waals surface area contributed by atoms with Crippen molar-refractivity contribution in [2.24, 2.45) is 5.73 Å². The molecular weight excluding hydrogens is 394 g/mol. The zero-order valence-electron chi connectivity index (χ0n) is 15.9. The molecule has 0 aromatic carbocycles. The van der Waals surface area contributed by atoms with E-state index in [0.717, 1.165) is 17.3 Å². The van der Waals surface area contributed by atoms with E-state index >= 15 is 0 Å². The summed E-state index contributed by atoms with van der Waals surface area (Å²) in [6, 6.07) is -1.13. The number of nitrogens with two attached hydrogens (primary N) is 1. The highest BCUT2D eigenvalue weighted by molar-refractivity contribution is 7.98. The molecule has 26 heavy (non-hydrogen) atoms. The summed E-state index contributed by atoms with van der Waals surface area (Å²) >= 11 is 5.03. The van der Waals surface area contributed by atoms with Gasteiger partial charge in [-0.25, -0.2) is 0 Å². The van der Waals surface area contributed by atoms with Gasteiger partial charge in [-0.3, -0.25) is 14.4 Å². The highest BCUT2D eigenvalue weighted by Gasteiger charge is 2.32. The van der Waals surface area contributed by atoms with Crippen molar-refractivity contribution in [3.8, 4) is 0 Å². The topological polar surface area (TPSA) is 111 Å². The van der Waals surface area contributed by atoms with E-state index in [1.807, 2.05) is 18.8 Å². The Morgan fingerprint density at radius 1 is 1.00 bits per heavy atom. The van der Waals surface area contributed by atoms with E-state index in [-0.39, 0.29) is 29.9 Å². The lowest BCUT2D eigenvalue weighted by atomic mass is 10.1. The first-order valence-electron chi connectivity index (χ1n) is 8.32. The Balaban J connectivity index is 0.000000541. The molecule has 2 amide bonds. The molecule has 0 saturated carbocycles. The van der Waals surface area contributed by atoms with E-state index in [2.05, 4.69) is 15.4 Å². The summed E-state index contributed by atoms with van der Waals surface area (Å²) in [6.07, 6.45) is 8.05. The molecule has 3 atom stereocenters. The van der Waals surface area contributed by atoms with Gasteiger partial charge in [0.1, 0.15) is 18.1 Å². The summed E-state index contributed by atoms with van der Waals surface area (Å²) < 4.78 is 4.44. The summed E-state index contributed by atoms with van der Waals surface area (Å²) in [5.41, 5.74) is 5.43. The van der Waals surface area contributed by atoms with Crippen molar-refractivity contribution in [1.82, 2.24) is 10.6 Å². The van der Waals surface area contributed by atoms with Crippen LogP contribution in [0.2, 0.25) is 0 Å². The molecule has 1 aliphatic rings. The van der Waals surface area contributed by atoms with Gasteiger partial charge in [0.15, 0.2) is 0 Å². The van der Waals surface area contributed by atoms with Crippen molar-refractivity contribution in [3.63, 3.8) is 0 Å². The lowest BCUT2D eigenvalue weighted by molar-refractivity contribution is -0.142. The average molecular weight is 426 g/mol. The maximum atomic E-state index is 11.7. The molecule has 1 heterocycles. The molecule has 0 spiro atoms. The van der Waals surface area contributed by atoms with Gasteiger partial charge in [-0.1, -0.05) is 0 Å². The maximum absolute atomic E-state index is 11.7. The molecule has 0 bridgehead atoms. The van der Waals surface area contributed by atoms with Gasteiger partial charge >= 0.3 is 5.97 Å². The SMILES string of the molecule is COC(=O)C(N)CCSC.CSCCC1NC(=O)C(CCSC)NC1=O. The summed E-state index contributed by atoms with van der Waals surface area (Å²) in [4.78, 5) is 34.0. The fraction of sp³-hybridized carbons (Fsp3) is 0.812. The van der Waals surface area contributed by atoms with Crippen molar-refractivity contribution in [2.45, 2.75) is 37.4 Å². The average Bonchev–Trinajstić information content (AvgIpc) is 2.65. The first kappa shape index (κ1) is 25.4. The van der Waals surface area contributed by atoms with Gasteiger partial charge in [-0.2, -0.15) is 35.3 Å². The zero-order chi connectivity index (χ0) is 19.9. The minimum Gasteiger partial charge on any atom is -0.468 e. The fourth-order valence-electron chi connectivity index (χ4n) is 2.07. The summed E-state index contributed by atoms with van der Waals surface area (Å²) in [5, 5.41) is 5.57. The van der Waals surface area contributed by atoms with Crippen molar-refractivity contribution < 1.29 is 19.1 Å². The third kappa shape index (κ3) is 10.5. The number of hydrogen-bond acceptors (Lipinski definition) is 8. The van der Waals surface area contributed by atoms with Crippen LogP contribution in [0.3, 0.4) is 0 Å². The number of piperazine rings is 1. The van der Waals surface area contributed by atoms with Crippen LogP contribution in [0.25, 0.3) is 0 Å². The van der Waals surface area contributed by atoms with E-state index < -0.39 is 6.04 Å². The van der Waals surface area contributed by atoms with Gasteiger partial charge in [0, 0.05) is 0 Å². The number of amides is 2. The molecule has 1 rings (SSSR count). The Kier molecular flexibility index (Phi) is 15.1. The lowest BCUT2D eigenvalue weighted by Gasteiger charge is -2.29. The second kappa shape index (κ2) is 15.5. The summed E-state index contributed by atoms with van der Waals surface area (Å²) in [7, 11) is 1.35. The smallest absolute Gasteiger partial charge is 0.322 e. The monoisotopic (exact) mass is 425 g/mol. The first-order valence-corrected chi connectivity index (χ1v) is 12.5. The normalized spacial score (nSPS) is 20.3. The summed E-state index contributed by atoms with van der Waals surface area (Å²) in [6.45, 7) is 0. The molecule has 0 aromatic heterocycles. The number of carbonyl (C=O) groups excluding carboxylic acids is 3.